The van der Waals surface area contributed by atoms with Crippen molar-refractivity contribution in [3.63, 3.8) is 0 Å². The second-order valence-corrected chi connectivity index (χ2v) is 7.89. The Balaban J connectivity index is 1.43. The zero-order valence-corrected chi connectivity index (χ0v) is 15.0. The van der Waals surface area contributed by atoms with E-state index in [1.807, 2.05) is 34.1 Å². The first kappa shape index (κ1) is 16.6. The van der Waals surface area contributed by atoms with Crippen LogP contribution < -0.4 is 4.90 Å². The van der Waals surface area contributed by atoms with E-state index < -0.39 is 0 Å². The van der Waals surface area contributed by atoms with Crippen molar-refractivity contribution >= 4 is 17.5 Å². The van der Waals surface area contributed by atoms with Gasteiger partial charge in [0.15, 0.2) is 0 Å². The van der Waals surface area contributed by atoms with E-state index >= 15 is 0 Å². The van der Waals surface area contributed by atoms with Gasteiger partial charge in [0.05, 0.1) is 0 Å². The molecule has 0 aromatic heterocycles. The number of rotatable bonds is 2. The molecule has 0 bridgehead atoms. The van der Waals surface area contributed by atoms with Crippen LogP contribution in [-0.2, 0) is 4.79 Å². The molecule has 134 valence electrons. The van der Waals surface area contributed by atoms with Gasteiger partial charge in [0.1, 0.15) is 0 Å². The summed E-state index contributed by atoms with van der Waals surface area (Å²) in [7, 11) is 0. The Morgan fingerprint density at radius 2 is 1.64 bits per heavy atom. The van der Waals surface area contributed by atoms with E-state index in [2.05, 4.69) is 0 Å². The van der Waals surface area contributed by atoms with Gasteiger partial charge in [-0.05, 0) is 61.8 Å². The van der Waals surface area contributed by atoms with Crippen molar-refractivity contribution in [2.75, 3.05) is 24.5 Å². The highest BCUT2D eigenvalue weighted by molar-refractivity contribution is 5.97. The number of carbonyl (C=O) groups is 2. The molecule has 2 amide bonds. The van der Waals surface area contributed by atoms with E-state index in [9.17, 15) is 9.59 Å². The minimum absolute atomic E-state index is 0.153. The van der Waals surface area contributed by atoms with Crippen molar-refractivity contribution in [2.45, 2.75) is 51.4 Å². The number of benzene rings is 1. The number of hydrogen-bond acceptors (Lipinski definition) is 2. The third kappa shape index (κ3) is 3.44. The first-order valence-electron chi connectivity index (χ1n) is 9.92. The summed E-state index contributed by atoms with van der Waals surface area (Å²) < 4.78 is 0. The van der Waals surface area contributed by atoms with Crippen molar-refractivity contribution in [1.82, 2.24) is 4.90 Å². The van der Waals surface area contributed by atoms with Gasteiger partial charge in [-0.15, -0.1) is 0 Å². The lowest BCUT2D eigenvalue weighted by molar-refractivity contribution is -0.119. The highest BCUT2D eigenvalue weighted by atomic mass is 16.2. The number of anilines is 1. The van der Waals surface area contributed by atoms with E-state index in [-0.39, 0.29) is 11.8 Å². The van der Waals surface area contributed by atoms with Crippen LogP contribution >= 0.6 is 0 Å². The van der Waals surface area contributed by atoms with E-state index in [1.165, 1.54) is 25.7 Å². The second-order valence-electron chi connectivity index (χ2n) is 7.89. The predicted molar refractivity (Wildman–Crippen MR) is 98.6 cm³/mol. The van der Waals surface area contributed by atoms with Crippen LogP contribution in [0.4, 0.5) is 5.69 Å². The smallest absolute Gasteiger partial charge is 0.253 e. The van der Waals surface area contributed by atoms with Crippen molar-refractivity contribution < 1.29 is 9.59 Å². The first-order valence-corrected chi connectivity index (χ1v) is 9.92. The van der Waals surface area contributed by atoms with Gasteiger partial charge in [-0.1, -0.05) is 19.3 Å². The van der Waals surface area contributed by atoms with E-state index in [4.69, 9.17) is 0 Å². The maximum Gasteiger partial charge on any atom is 0.253 e. The number of fused-ring (bicyclic) bond motifs is 1. The number of carbonyl (C=O) groups excluding carboxylic acids is 2. The minimum Gasteiger partial charge on any atom is -0.338 e. The largest absolute Gasteiger partial charge is 0.338 e. The molecule has 0 radical (unpaired) electrons. The second kappa shape index (κ2) is 7.19. The van der Waals surface area contributed by atoms with Crippen LogP contribution in [0.3, 0.4) is 0 Å². The molecule has 4 heteroatoms. The van der Waals surface area contributed by atoms with Gasteiger partial charge < -0.3 is 9.80 Å². The molecule has 2 aliphatic heterocycles. The Hall–Kier alpha value is -1.84. The molecule has 3 fully saturated rings. The summed E-state index contributed by atoms with van der Waals surface area (Å²) >= 11 is 0. The fourth-order valence-corrected chi connectivity index (χ4v) is 4.83. The molecule has 1 aliphatic carbocycles. The summed E-state index contributed by atoms with van der Waals surface area (Å²) in [5.74, 6) is 1.90. The van der Waals surface area contributed by atoms with Crippen LogP contribution in [0.5, 0.6) is 0 Å². The molecule has 2 saturated heterocycles. The molecule has 4 rings (SSSR count). The molecule has 2 heterocycles. The standard InChI is InChI=1S/C21H28N2O2/c24-20-7-3-4-13-23(20)19-10-8-17(9-11-19)21(25)22-14-12-16-5-1-2-6-18(16)15-22/h8-11,16,18H,1-7,12-15H2/t16-,18-/m0/s1. The SMILES string of the molecule is O=C(c1ccc(N2CCCCC2=O)cc1)N1CC[C@@H]2CCCC[C@H]2C1. The van der Waals surface area contributed by atoms with Gasteiger partial charge in [0, 0.05) is 37.3 Å². The zero-order valence-electron chi connectivity index (χ0n) is 15.0. The average Bonchev–Trinajstić information content (AvgIpc) is 2.67. The molecule has 0 unspecified atom stereocenters. The molecule has 3 aliphatic rings. The molecule has 4 nitrogen and oxygen atoms in total. The fourth-order valence-electron chi connectivity index (χ4n) is 4.83. The maximum atomic E-state index is 12.9. The van der Waals surface area contributed by atoms with Gasteiger partial charge in [-0.3, -0.25) is 9.59 Å². The lowest BCUT2D eigenvalue weighted by Crippen LogP contribution is -2.44. The molecule has 0 N–H and O–H groups in total. The third-order valence-electron chi connectivity index (χ3n) is 6.33. The number of nitrogens with zero attached hydrogens (tertiary/aromatic N) is 2. The number of hydrogen-bond donors (Lipinski definition) is 0. The summed E-state index contributed by atoms with van der Waals surface area (Å²) in [5, 5.41) is 0. The topological polar surface area (TPSA) is 40.6 Å². The Morgan fingerprint density at radius 1 is 0.880 bits per heavy atom. The summed E-state index contributed by atoms with van der Waals surface area (Å²) in [4.78, 5) is 28.8. The number of amides is 2. The van der Waals surface area contributed by atoms with Crippen molar-refractivity contribution in [3.8, 4) is 0 Å². The quantitative estimate of drug-likeness (QED) is 0.820. The molecule has 1 saturated carbocycles. The molecular weight excluding hydrogens is 312 g/mol. The van der Waals surface area contributed by atoms with E-state index in [1.54, 1.807) is 0 Å². The average molecular weight is 340 g/mol. The first-order chi connectivity index (χ1) is 12.2. The van der Waals surface area contributed by atoms with Crippen LogP contribution in [0.15, 0.2) is 24.3 Å². The molecular formula is C21H28N2O2. The van der Waals surface area contributed by atoms with Gasteiger partial charge >= 0.3 is 0 Å². The molecule has 0 spiro atoms. The summed E-state index contributed by atoms with van der Waals surface area (Å²) in [5.41, 5.74) is 1.68. The van der Waals surface area contributed by atoms with Crippen LogP contribution in [0.2, 0.25) is 0 Å². The van der Waals surface area contributed by atoms with Crippen LogP contribution in [-0.4, -0.2) is 36.3 Å². The lowest BCUT2D eigenvalue weighted by Gasteiger charge is -2.41. The van der Waals surface area contributed by atoms with Crippen LogP contribution in [0, 0.1) is 11.8 Å². The number of likely N-dealkylation sites (tertiary alicyclic amines) is 1. The van der Waals surface area contributed by atoms with Crippen LogP contribution in [0.1, 0.15) is 61.7 Å². The fraction of sp³-hybridized carbons (Fsp3) is 0.619. The Labute approximate surface area is 150 Å². The molecule has 1 aromatic rings. The maximum absolute atomic E-state index is 12.9. The van der Waals surface area contributed by atoms with E-state index in [0.717, 1.165) is 56.1 Å². The van der Waals surface area contributed by atoms with Crippen molar-refractivity contribution in [1.29, 1.82) is 0 Å². The van der Waals surface area contributed by atoms with Crippen molar-refractivity contribution in [2.24, 2.45) is 11.8 Å². The minimum atomic E-state index is 0.153. The normalized spacial score (nSPS) is 27.1. The van der Waals surface area contributed by atoms with Crippen molar-refractivity contribution in [3.05, 3.63) is 29.8 Å². The Kier molecular flexibility index (Phi) is 4.78. The Morgan fingerprint density at radius 3 is 2.40 bits per heavy atom. The summed E-state index contributed by atoms with van der Waals surface area (Å²) in [6, 6.07) is 7.66. The van der Waals surface area contributed by atoms with E-state index in [0.29, 0.717) is 12.3 Å². The molecule has 2 atom stereocenters. The molecule has 25 heavy (non-hydrogen) atoms. The van der Waals surface area contributed by atoms with Gasteiger partial charge in [-0.2, -0.15) is 0 Å². The van der Waals surface area contributed by atoms with Gasteiger partial charge in [-0.25, -0.2) is 0 Å². The number of piperidine rings is 2. The Bertz CT molecular complexity index is 640. The highest BCUT2D eigenvalue weighted by Gasteiger charge is 2.33. The molecule has 1 aromatic carbocycles. The van der Waals surface area contributed by atoms with Gasteiger partial charge in [0.25, 0.3) is 5.91 Å². The zero-order chi connectivity index (χ0) is 17.2. The van der Waals surface area contributed by atoms with Crippen LogP contribution in [0.25, 0.3) is 0 Å². The summed E-state index contributed by atoms with van der Waals surface area (Å²) in [6.45, 7) is 2.61. The predicted octanol–water partition coefficient (Wildman–Crippen LogP) is 3.86. The lowest BCUT2D eigenvalue weighted by atomic mass is 9.75. The highest BCUT2D eigenvalue weighted by Crippen LogP contribution is 2.36. The monoisotopic (exact) mass is 340 g/mol. The summed E-state index contributed by atoms with van der Waals surface area (Å²) in [6.07, 6.45) is 9.17. The third-order valence-corrected chi connectivity index (χ3v) is 6.33. The van der Waals surface area contributed by atoms with Gasteiger partial charge in [0.2, 0.25) is 5.91 Å².